The molecule has 1 saturated heterocycles. The molecule has 3 aliphatic rings. The highest BCUT2D eigenvalue weighted by Gasteiger charge is 2.50. The fourth-order valence-corrected chi connectivity index (χ4v) is 4.56. The average Bonchev–Trinajstić information content (AvgIpc) is 2.99. The smallest absolute Gasteiger partial charge is 0.408 e. The number of nitriles is 1. The van der Waals surface area contributed by atoms with E-state index >= 15 is 0 Å². The number of hydrogen-bond donors (Lipinski definition) is 4. The lowest BCUT2D eigenvalue weighted by molar-refractivity contribution is -0.125. The van der Waals surface area contributed by atoms with Gasteiger partial charge in [0.25, 0.3) is 0 Å². The summed E-state index contributed by atoms with van der Waals surface area (Å²) in [5.74, 6) is 0.972. The first-order valence-electron chi connectivity index (χ1n) is 10.3. The summed E-state index contributed by atoms with van der Waals surface area (Å²) in [7, 11) is 0. The summed E-state index contributed by atoms with van der Waals surface area (Å²) in [4.78, 5) is 25.2. The van der Waals surface area contributed by atoms with Gasteiger partial charge in [0.15, 0.2) is 0 Å². The maximum Gasteiger partial charge on any atom is 0.408 e. The van der Waals surface area contributed by atoms with Crippen LogP contribution in [0.2, 0.25) is 0 Å². The zero-order valence-electron chi connectivity index (χ0n) is 16.9. The Labute approximate surface area is 166 Å². The van der Waals surface area contributed by atoms with Crippen molar-refractivity contribution in [2.75, 3.05) is 6.54 Å². The Morgan fingerprint density at radius 1 is 1.25 bits per heavy atom. The predicted molar refractivity (Wildman–Crippen MR) is 102 cm³/mol. The standard InChI is InChI=1S/C20H32N4O4/c1-20(2,3)28-19(27)24-16(14-7-12-6-13(12)8-14)18(26)23-15(10-21)9-11-4-5-22-17(11)25/h11-17,22,25H,4-9H2,1-3H3,(H,23,26)(H,24,27)/t11-,12?,13?,14?,15-,16?,17?/m0/s1. The average molecular weight is 393 g/mol. The lowest BCUT2D eigenvalue weighted by Gasteiger charge is -2.28. The zero-order chi connectivity index (χ0) is 20.5. The molecule has 0 bridgehead atoms. The third kappa shape index (κ3) is 5.36. The van der Waals surface area contributed by atoms with Crippen molar-refractivity contribution in [3.05, 3.63) is 0 Å². The number of nitrogens with zero attached hydrogens (tertiary/aromatic N) is 1. The molecule has 2 aliphatic carbocycles. The first kappa shape index (κ1) is 20.9. The summed E-state index contributed by atoms with van der Waals surface area (Å²) >= 11 is 0. The lowest BCUT2D eigenvalue weighted by atomic mass is 9.92. The van der Waals surface area contributed by atoms with E-state index in [0.29, 0.717) is 24.8 Å². The number of nitrogens with one attached hydrogen (secondary N) is 3. The molecule has 3 rings (SSSR count). The van der Waals surface area contributed by atoms with Gasteiger partial charge in [0, 0.05) is 5.92 Å². The molecule has 1 heterocycles. The molecule has 4 N–H and O–H groups in total. The maximum absolute atomic E-state index is 13.0. The van der Waals surface area contributed by atoms with E-state index in [1.54, 1.807) is 20.8 Å². The van der Waals surface area contributed by atoms with Crippen LogP contribution < -0.4 is 16.0 Å². The van der Waals surface area contributed by atoms with Crippen LogP contribution in [0.3, 0.4) is 0 Å². The molecule has 6 atom stereocenters. The van der Waals surface area contributed by atoms with E-state index in [1.807, 2.05) is 0 Å². The summed E-state index contributed by atoms with van der Waals surface area (Å²) in [5, 5.41) is 27.8. The van der Waals surface area contributed by atoms with Crippen molar-refractivity contribution in [3.8, 4) is 6.07 Å². The van der Waals surface area contributed by atoms with Crippen LogP contribution in [0.4, 0.5) is 4.79 Å². The van der Waals surface area contributed by atoms with Crippen LogP contribution in [-0.2, 0) is 9.53 Å². The second-order valence-corrected chi connectivity index (χ2v) is 9.48. The van der Waals surface area contributed by atoms with Crippen LogP contribution >= 0.6 is 0 Å². The molecule has 0 spiro atoms. The quantitative estimate of drug-likeness (QED) is 0.539. The topological polar surface area (TPSA) is 123 Å². The minimum Gasteiger partial charge on any atom is -0.444 e. The van der Waals surface area contributed by atoms with Crippen LogP contribution in [0.1, 0.15) is 52.9 Å². The number of rotatable bonds is 6. The zero-order valence-corrected chi connectivity index (χ0v) is 16.9. The number of hydrogen-bond acceptors (Lipinski definition) is 6. The SMILES string of the molecule is CC(C)(C)OC(=O)NC(C(=O)N[C@H](C#N)C[C@@H]1CCNC1O)C1CC2CC2C1. The van der Waals surface area contributed by atoms with Crippen molar-refractivity contribution in [1.29, 1.82) is 5.26 Å². The fourth-order valence-electron chi connectivity index (χ4n) is 4.56. The third-order valence-electron chi connectivity index (χ3n) is 6.03. The molecule has 8 heteroatoms. The minimum atomic E-state index is -0.704. The first-order chi connectivity index (χ1) is 13.2. The van der Waals surface area contributed by atoms with E-state index < -0.39 is 30.0 Å². The molecule has 3 fully saturated rings. The number of amides is 2. The number of ether oxygens (including phenoxy) is 1. The van der Waals surface area contributed by atoms with Gasteiger partial charge in [-0.2, -0.15) is 5.26 Å². The molecule has 1 aliphatic heterocycles. The molecule has 28 heavy (non-hydrogen) atoms. The number of fused-ring (bicyclic) bond motifs is 1. The fraction of sp³-hybridized carbons (Fsp3) is 0.850. The number of carbonyl (C=O) groups excluding carboxylic acids is 2. The van der Waals surface area contributed by atoms with Crippen molar-refractivity contribution in [2.24, 2.45) is 23.7 Å². The van der Waals surface area contributed by atoms with Crippen LogP contribution in [0.5, 0.6) is 0 Å². The lowest BCUT2D eigenvalue weighted by Crippen LogP contribution is -2.54. The molecule has 0 aromatic heterocycles. The highest BCUT2D eigenvalue weighted by molar-refractivity contribution is 5.86. The van der Waals surface area contributed by atoms with Gasteiger partial charge in [0.2, 0.25) is 5.91 Å². The van der Waals surface area contributed by atoms with Crippen molar-refractivity contribution in [3.63, 3.8) is 0 Å². The minimum absolute atomic E-state index is 0.0642. The van der Waals surface area contributed by atoms with Crippen LogP contribution in [-0.4, -0.2) is 47.6 Å². The summed E-state index contributed by atoms with van der Waals surface area (Å²) < 4.78 is 5.33. The van der Waals surface area contributed by atoms with Gasteiger partial charge in [-0.3, -0.25) is 10.1 Å². The van der Waals surface area contributed by atoms with Gasteiger partial charge < -0.3 is 20.5 Å². The van der Waals surface area contributed by atoms with E-state index in [0.717, 1.165) is 19.3 Å². The number of alkyl carbamates (subject to hydrolysis) is 1. The molecule has 4 unspecified atom stereocenters. The molecule has 2 saturated carbocycles. The van der Waals surface area contributed by atoms with Crippen molar-refractivity contribution in [1.82, 2.24) is 16.0 Å². The van der Waals surface area contributed by atoms with Gasteiger partial charge in [0.05, 0.1) is 6.07 Å². The summed E-state index contributed by atoms with van der Waals surface area (Å²) in [6.07, 6.45) is 2.93. The molecule has 0 aromatic carbocycles. The molecule has 156 valence electrons. The third-order valence-corrected chi connectivity index (χ3v) is 6.03. The van der Waals surface area contributed by atoms with Crippen LogP contribution in [0.15, 0.2) is 0 Å². The highest BCUT2D eigenvalue weighted by atomic mass is 16.6. The number of aliphatic hydroxyl groups excluding tert-OH is 1. The van der Waals surface area contributed by atoms with Gasteiger partial charge in [0.1, 0.15) is 23.9 Å². The second kappa shape index (κ2) is 8.26. The van der Waals surface area contributed by atoms with E-state index in [1.165, 1.54) is 6.42 Å². The molecular weight excluding hydrogens is 360 g/mol. The molecule has 2 amide bonds. The Morgan fingerprint density at radius 3 is 2.46 bits per heavy atom. The predicted octanol–water partition coefficient (Wildman–Crippen LogP) is 1.25. The van der Waals surface area contributed by atoms with Crippen LogP contribution in [0.25, 0.3) is 0 Å². The normalized spacial score (nSPS) is 33.3. The van der Waals surface area contributed by atoms with Crippen molar-refractivity contribution >= 4 is 12.0 Å². The molecule has 0 radical (unpaired) electrons. The van der Waals surface area contributed by atoms with Crippen LogP contribution in [0, 0.1) is 35.0 Å². The van der Waals surface area contributed by atoms with E-state index in [4.69, 9.17) is 4.74 Å². The van der Waals surface area contributed by atoms with Gasteiger partial charge in [-0.1, -0.05) is 0 Å². The van der Waals surface area contributed by atoms with Crippen molar-refractivity contribution < 1.29 is 19.4 Å². The van der Waals surface area contributed by atoms with E-state index in [-0.39, 0.29) is 17.7 Å². The number of carbonyl (C=O) groups is 2. The Morgan fingerprint density at radius 2 is 1.93 bits per heavy atom. The van der Waals surface area contributed by atoms with Gasteiger partial charge >= 0.3 is 6.09 Å². The van der Waals surface area contributed by atoms with E-state index in [2.05, 4.69) is 22.0 Å². The van der Waals surface area contributed by atoms with Gasteiger partial charge in [-0.25, -0.2) is 4.79 Å². The summed E-state index contributed by atoms with van der Waals surface area (Å²) in [6.45, 7) is 6.03. The molecule has 8 nitrogen and oxygen atoms in total. The Kier molecular flexibility index (Phi) is 6.15. The Bertz CT molecular complexity index is 631. The number of aliphatic hydroxyl groups is 1. The summed E-state index contributed by atoms with van der Waals surface area (Å²) in [6, 6.07) is 0.714. The van der Waals surface area contributed by atoms with Gasteiger partial charge in [-0.05, 0) is 77.2 Å². The van der Waals surface area contributed by atoms with E-state index in [9.17, 15) is 20.0 Å². The summed E-state index contributed by atoms with van der Waals surface area (Å²) in [5.41, 5.74) is -0.649. The Balaban J connectivity index is 1.61. The maximum atomic E-state index is 13.0. The Hall–Kier alpha value is -1.85. The molecular formula is C20H32N4O4. The van der Waals surface area contributed by atoms with Gasteiger partial charge in [-0.15, -0.1) is 0 Å². The molecule has 0 aromatic rings. The monoisotopic (exact) mass is 392 g/mol. The highest BCUT2D eigenvalue weighted by Crippen LogP contribution is 2.55. The van der Waals surface area contributed by atoms with Crippen molar-refractivity contribution in [2.45, 2.75) is 76.8 Å². The largest absolute Gasteiger partial charge is 0.444 e. The second-order valence-electron chi connectivity index (χ2n) is 9.48. The first-order valence-corrected chi connectivity index (χ1v) is 10.3.